The number of carbonyl (C=O) groups excluding carboxylic acids is 1. The number of alkyl halides is 3. The first-order chi connectivity index (χ1) is 14.2. The van der Waals surface area contributed by atoms with Gasteiger partial charge >= 0.3 is 6.18 Å². The van der Waals surface area contributed by atoms with Crippen LogP contribution in [0.4, 0.5) is 24.7 Å². The van der Waals surface area contributed by atoms with E-state index in [1.165, 1.54) is 31.5 Å². The fourth-order valence-electron chi connectivity index (χ4n) is 4.06. The van der Waals surface area contributed by atoms with Crippen LogP contribution in [0.15, 0.2) is 35.2 Å². The maximum atomic E-state index is 13.5. The Morgan fingerprint density at radius 1 is 1.17 bits per heavy atom. The van der Waals surface area contributed by atoms with E-state index in [1.54, 1.807) is 18.2 Å². The molecule has 1 amide bonds. The molecule has 0 unspecified atom stereocenters. The van der Waals surface area contributed by atoms with Crippen molar-refractivity contribution in [2.45, 2.75) is 43.7 Å². The van der Waals surface area contributed by atoms with Crippen LogP contribution in [0.2, 0.25) is 0 Å². The minimum atomic E-state index is -4.57. The minimum absolute atomic E-state index is 0.0331. The van der Waals surface area contributed by atoms with Crippen molar-refractivity contribution in [2.75, 3.05) is 29.6 Å². The highest BCUT2D eigenvalue weighted by atomic mass is 32.2. The molecule has 2 fully saturated rings. The first kappa shape index (κ1) is 21.0. The molecule has 1 aliphatic carbocycles. The van der Waals surface area contributed by atoms with Crippen LogP contribution < -0.4 is 10.2 Å². The zero-order valence-corrected chi connectivity index (χ0v) is 17.8. The van der Waals surface area contributed by atoms with Gasteiger partial charge in [0.2, 0.25) is 0 Å². The normalized spacial score (nSPS) is 17.8. The van der Waals surface area contributed by atoms with Gasteiger partial charge in [-0.15, -0.1) is 11.8 Å². The number of benzene rings is 1. The highest BCUT2D eigenvalue weighted by Gasteiger charge is 2.45. The third-order valence-corrected chi connectivity index (χ3v) is 6.88. The number of hydrogen-bond acceptors (Lipinski definition) is 4. The molecule has 2 aliphatic rings. The maximum absolute atomic E-state index is 13.5. The van der Waals surface area contributed by atoms with Gasteiger partial charge in [-0.3, -0.25) is 4.79 Å². The second kappa shape index (κ2) is 7.80. The number of aryl methyl sites for hydroxylation is 1. The summed E-state index contributed by atoms with van der Waals surface area (Å²) in [6.45, 7) is 2.77. The molecule has 0 radical (unpaired) electrons. The second-order valence-corrected chi connectivity index (χ2v) is 9.04. The van der Waals surface area contributed by atoms with Gasteiger partial charge in [0, 0.05) is 23.7 Å². The lowest BCUT2D eigenvalue weighted by Gasteiger charge is -2.34. The molecule has 1 aliphatic heterocycles. The molecule has 0 atom stereocenters. The fourth-order valence-corrected chi connectivity index (χ4v) is 4.52. The largest absolute Gasteiger partial charge is 0.418 e. The number of anilines is 2. The summed E-state index contributed by atoms with van der Waals surface area (Å²) in [7, 11) is 0. The number of halogens is 3. The summed E-state index contributed by atoms with van der Waals surface area (Å²) >= 11 is 1.52. The predicted molar refractivity (Wildman–Crippen MR) is 113 cm³/mol. The van der Waals surface area contributed by atoms with E-state index in [-0.39, 0.29) is 11.3 Å². The third kappa shape index (κ3) is 4.29. The van der Waals surface area contributed by atoms with Crippen molar-refractivity contribution in [3.63, 3.8) is 0 Å². The van der Waals surface area contributed by atoms with Gasteiger partial charge in [-0.05, 0) is 68.5 Å². The van der Waals surface area contributed by atoms with Gasteiger partial charge in [-0.2, -0.15) is 13.2 Å². The van der Waals surface area contributed by atoms with Crippen LogP contribution in [0.3, 0.4) is 0 Å². The van der Waals surface area contributed by atoms with Crippen molar-refractivity contribution in [1.29, 1.82) is 0 Å². The SMILES string of the molecule is CSc1cccc(NC(=O)c2cc(C(F)(F)F)c(C)nc2N2CCC3(CC2)CC3)c1. The number of nitrogens with zero attached hydrogens (tertiary/aromatic N) is 2. The number of piperidine rings is 1. The number of aromatic nitrogens is 1. The second-order valence-electron chi connectivity index (χ2n) is 8.16. The molecule has 1 saturated carbocycles. The highest BCUT2D eigenvalue weighted by molar-refractivity contribution is 7.98. The zero-order chi connectivity index (χ0) is 21.5. The molecular formula is C22H24F3N3OS. The lowest BCUT2D eigenvalue weighted by atomic mass is 9.93. The van der Waals surface area contributed by atoms with E-state index in [4.69, 9.17) is 0 Å². The predicted octanol–water partition coefficient (Wildman–Crippen LogP) is 5.76. The minimum Gasteiger partial charge on any atom is -0.356 e. The number of thioether (sulfide) groups is 1. The Balaban J connectivity index is 1.68. The molecular weight excluding hydrogens is 411 g/mol. The van der Waals surface area contributed by atoms with E-state index in [9.17, 15) is 18.0 Å². The topological polar surface area (TPSA) is 45.2 Å². The number of carbonyl (C=O) groups is 1. The van der Waals surface area contributed by atoms with Crippen molar-refractivity contribution in [2.24, 2.45) is 5.41 Å². The summed E-state index contributed by atoms with van der Waals surface area (Å²) < 4.78 is 40.5. The summed E-state index contributed by atoms with van der Waals surface area (Å²) in [5.41, 5.74) is -0.0511. The molecule has 1 N–H and O–H groups in total. The van der Waals surface area contributed by atoms with Crippen molar-refractivity contribution in [3.05, 3.63) is 47.2 Å². The number of hydrogen-bond donors (Lipinski definition) is 1. The van der Waals surface area contributed by atoms with Crippen molar-refractivity contribution in [3.8, 4) is 0 Å². The number of pyridine rings is 1. The molecule has 2 heterocycles. The lowest BCUT2D eigenvalue weighted by Crippen LogP contribution is -2.36. The summed E-state index contributed by atoms with van der Waals surface area (Å²) in [5, 5.41) is 2.75. The summed E-state index contributed by atoms with van der Waals surface area (Å²) in [4.78, 5) is 20.2. The fraction of sp³-hybridized carbons (Fsp3) is 0.455. The third-order valence-electron chi connectivity index (χ3n) is 6.15. The molecule has 1 aromatic carbocycles. The Morgan fingerprint density at radius 3 is 2.47 bits per heavy atom. The summed E-state index contributed by atoms with van der Waals surface area (Å²) in [6, 6.07) is 8.18. The smallest absolute Gasteiger partial charge is 0.356 e. The standard InChI is InChI=1S/C22H24F3N3OS/c1-14-18(22(23,24)25)13-17(20(29)27-15-4-3-5-16(12-15)30-2)19(26-14)28-10-8-21(6-7-21)9-11-28/h3-5,12-13H,6-11H2,1-2H3,(H,27,29). The van der Waals surface area contributed by atoms with Crippen LogP contribution in [0.5, 0.6) is 0 Å². The van der Waals surface area contributed by atoms with E-state index in [0.29, 0.717) is 30.0 Å². The van der Waals surface area contributed by atoms with E-state index >= 15 is 0 Å². The van der Waals surface area contributed by atoms with Crippen LogP contribution >= 0.6 is 11.8 Å². The molecule has 2 aromatic rings. The summed E-state index contributed by atoms with van der Waals surface area (Å²) in [5.74, 6) is -0.234. The molecule has 30 heavy (non-hydrogen) atoms. The van der Waals surface area contributed by atoms with Crippen LogP contribution in [0.25, 0.3) is 0 Å². The molecule has 1 saturated heterocycles. The Labute approximate surface area is 178 Å². The van der Waals surface area contributed by atoms with Crippen molar-refractivity contribution < 1.29 is 18.0 Å². The van der Waals surface area contributed by atoms with Gasteiger partial charge in [0.25, 0.3) is 5.91 Å². The number of amides is 1. The molecule has 160 valence electrons. The van der Waals surface area contributed by atoms with Crippen molar-refractivity contribution >= 4 is 29.2 Å². The van der Waals surface area contributed by atoms with Crippen LogP contribution in [0, 0.1) is 12.3 Å². The summed E-state index contributed by atoms with van der Waals surface area (Å²) in [6.07, 6.45) is 1.78. The Bertz CT molecular complexity index is 963. The molecule has 1 spiro atoms. The van der Waals surface area contributed by atoms with Crippen molar-refractivity contribution in [1.82, 2.24) is 4.98 Å². The number of nitrogens with one attached hydrogen (secondary N) is 1. The maximum Gasteiger partial charge on any atom is 0.418 e. The molecule has 0 bridgehead atoms. The molecule has 1 aromatic heterocycles. The first-order valence-electron chi connectivity index (χ1n) is 10.00. The van der Waals surface area contributed by atoms with E-state index in [1.807, 2.05) is 17.2 Å². The zero-order valence-electron chi connectivity index (χ0n) is 17.0. The average molecular weight is 436 g/mol. The van der Waals surface area contributed by atoms with Gasteiger partial charge in [0.15, 0.2) is 0 Å². The van der Waals surface area contributed by atoms with E-state index < -0.39 is 17.6 Å². The molecule has 4 nitrogen and oxygen atoms in total. The molecule has 8 heteroatoms. The van der Waals surface area contributed by atoms with Gasteiger partial charge in [0.05, 0.1) is 16.8 Å². The number of rotatable bonds is 4. The van der Waals surface area contributed by atoms with E-state index in [0.717, 1.165) is 23.8 Å². The van der Waals surface area contributed by atoms with Crippen LogP contribution in [-0.4, -0.2) is 30.2 Å². The first-order valence-corrected chi connectivity index (χ1v) is 11.2. The average Bonchev–Trinajstić information content (AvgIpc) is 3.46. The quantitative estimate of drug-likeness (QED) is 0.620. The van der Waals surface area contributed by atoms with Gasteiger partial charge < -0.3 is 10.2 Å². The van der Waals surface area contributed by atoms with Gasteiger partial charge in [0.1, 0.15) is 5.82 Å². The van der Waals surface area contributed by atoms with Crippen LogP contribution in [-0.2, 0) is 6.18 Å². The Kier molecular flexibility index (Phi) is 5.46. The van der Waals surface area contributed by atoms with Gasteiger partial charge in [-0.1, -0.05) is 6.07 Å². The van der Waals surface area contributed by atoms with Gasteiger partial charge in [-0.25, -0.2) is 4.98 Å². The Morgan fingerprint density at radius 2 is 1.87 bits per heavy atom. The monoisotopic (exact) mass is 435 g/mol. The van der Waals surface area contributed by atoms with Crippen LogP contribution in [0.1, 0.15) is 47.3 Å². The Hall–Kier alpha value is -2.22. The highest BCUT2D eigenvalue weighted by Crippen LogP contribution is 2.54. The van der Waals surface area contributed by atoms with E-state index in [2.05, 4.69) is 10.3 Å². The lowest BCUT2D eigenvalue weighted by molar-refractivity contribution is -0.138. The molecule has 4 rings (SSSR count).